The molecule has 1 aromatic carbocycles. The maximum Gasteiger partial charge on any atom is 0.319 e. The number of aliphatic hydroxyl groups excluding tert-OH is 1. The fourth-order valence-electron chi connectivity index (χ4n) is 2.15. The van der Waals surface area contributed by atoms with Gasteiger partial charge in [-0.25, -0.2) is 14.8 Å². The van der Waals surface area contributed by atoms with E-state index < -0.39 is 0 Å². The highest BCUT2D eigenvalue weighted by Crippen LogP contribution is 2.20. The van der Waals surface area contributed by atoms with Gasteiger partial charge in [-0.3, -0.25) is 0 Å². The number of urea groups is 1. The number of nitrogens with one attached hydrogen (secondary N) is 2. The molecule has 0 unspecified atom stereocenters. The Balaban J connectivity index is 2.02. The maximum absolute atomic E-state index is 12.1. The molecule has 0 aliphatic rings. The topological polar surface area (TPSA) is 87.1 Å². The summed E-state index contributed by atoms with van der Waals surface area (Å²) in [6.07, 6.45) is 1.72. The van der Waals surface area contributed by atoms with Crippen LogP contribution in [0.4, 0.5) is 10.5 Å². The Bertz CT molecular complexity index is 693. The lowest BCUT2D eigenvalue weighted by Gasteiger charge is -2.29. The fourth-order valence-corrected chi connectivity index (χ4v) is 2.15. The summed E-state index contributed by atoms with van der Waals surface area (Å²) in [5.74, 6) is 0.652. The Kier molecular flexibility index (Phi) is 5.51. The van der Waals surface area contributed by atoms with E-state index in [0.717, 1.165) is 11.3 Å². The van der Waals surface area contributed by atoms with E-state index in [1.165, 1.54) is 0 Å². The molecule has 24 heavy (non-hydrogen) atoms. The Morgan fingerprint density at radius 2 is 1.88 bits per heavy atom. The second-order valence-electron chi connectivity index (χ2n) is 6.80. The fraction of sp³-hybridized carbons (Fsp3) is 0.389. The van der Waals surface area contributed by atoms with Gasteiger partial charge in [-0.05, 0) is 42.7 Å². The normalized spacial score (nSPS) is 12.5. The van der Waals surface area contributed by atoms with E-state index in [-0.39, 0.29) is 24.1 Å². The first-order chi connectivity index (χ1) is 11.3. The Morgan fingerprint density at radius 1 is 1.21 bits per heavy atom. The van der Waals surface area contributed by atoms with Crippen LogP contribution in [0.2, 0.25) is 0 Å². The van der Waals surface area contributed by atoms with Gasteiger partial charge in [0.2, 0.25) is 0 Å². The number of aliphatic hydroxyl groups is 1. The van der Waals surface area contributed by atoms with E-state index in [4.69, 9.17) is 0 Å². The van der Waals surface area contributed by atoms with Crippen molar-refractivity contribution in [3.63, 3.8) is 0 Å². The van der Waals surface area contributed by atoms with Gasteiger partial charge in [0.05, 0.1) is 12.6 Å². The molecule has 0 fully saturated rings. The Hall–Kier alpha value is -2.47. The summed E-state index contributed by atoms with van der Waals surface area (Å²) in [5, 5.41) is 15.0. The zero-order valence-corrected chi connectivity index (χ0v) is 14.5. The van der Waals surface area contributed by atoms with Crippen LogP contribution in [0.3, 0.4) is 0 Å². The van der Waals surface area contributed by atoms with E-state index in [1.807, 2.05) is 45.9 Å². The molecule has 2 aromatic rings. The molecule has 2 amide bonds. The van der Waals surface area contributed by atoms with E-state index in [1.54, 1.807) is 18.3 Å². The summed E-state index contributed by atoms with van der Waals surface area (Å²) in [6, 6.07) is 8.49. The number of aryl methyl sites for hydroxylation is 1. The van der Waals surface area contributed by atoms with Crippen LogP contribution in [-0.4, -0.2) is 33.8 Å². The minimum absolute atomic E-state index is 0.111. The van der Waals surface area contributed by atoms with Crippen molar-refractivity contribution in [2.24, 2.45) is 5.41 Å². The monoisotopic (exact) mass is 328 g/mol. The van der Waals surface area contributed by atoms with Crippen LogP contribution in [0.1, 0.15) is 26.5 Å². The second kappa shape index (κ2) is 7.40. The molecule has 0 saturated heterocycles. The van der Waals surface area contributed by atoms with E-state index >= 15 is 0 Å². The van der Waals surface area contributed by atoms with Crippen molar-refractivity contribution < 1.29 is 9.90 Å². The highest BCUT2D eigenvalue weighted by atomic mass is 16.3. The van der Waals surface area contributed by atoms with Crippen molar-refractivity contribution in [1.29, 1.82) is 0 Å². The Morgan fingerprint density at radius 3 is 2.42 bits per heavy atom. The van der Waals surface area contributed by atoms with Crippen molar-refractivity contribution in [2.75, 3.05) is 11.9 Å². The number of hydrogen-bond donors (Lipinski definition) is 3. The van der Waals surface area contributed by atoms with Gasteiger partial charge >= 0.3 is 6.03 Å². The SMILES string of the molecule is Cc1ccnc(-c2ccc(NC(=O)N[C@H](CO)C(C)(C)C)cc2)n1. The number of anilines is 1. The molecule has 1 atom stereocenters. The van der Waals surface area contributed by atoms with Crippen molar-refractivity contribution in [1.82, 2.24) is 15.3 Å². The smallest absolute Gasteiger partial charge is 0.319 e. The van der Waals surface area contributed by atoms with Crippen LogP contribution < -0.4 is 10.6 Å². The number of benzene rings is 1. The zero-order chi connectivity index (χ0) is 17.7. The summed E-state index contributed by atoms with van der Waals surface area (Å²) < 4.78 is 0. The molecule has 128 valence electrons. The first kappa shape index (κ1) is 17.9. The average molecular weight is 328 g/mol. The lowest BCUT2D eigenvalue weighted by molar-refractivity contribution is 0.162. The van der Waals surface area contributed by atoms with Gasteiger partial charge in [0.15, 0.2) is 5.82 Å². The van der Waals surface area contributed by atoms with Gasteiger partial charge in [-0.1, -0.05) is 20.8 Å². The molecule has 1 heterocycles. The van der Waals surface area contributed by atoms with Crippen LogP contribution in [0.25, 0.3) is 11.4 Å². The van der Waals surface area contributed by atoms with Crippen molar-refractivity contribution >= 4 is 11.7 Å². The van der Waals surface area contributed by atoms with E-state index in [2.05, 4.69) is 20.6 Å². The van der Waals surface area contributed by atoms with Gasteiger partial charge in [0.25, 0.3) is 0 Å². The molecular formula is C18H24N4O2. The number of hydrogen-bond acceptors (Lipinski definition) is 4. The zero-order valence-electron chi connectivity index (χ0n) is 14.5. The molecule has 1 aromatic heterocycles. The van der Waals surface area contributed by atoms with E-state index in [9.17, 15) is 9.90 Å². The Labute approximate surface area is 142 Å². The minimum Gasteiger partial charge on any atom is -0.394 e. The number of nitrogens with zero attached hydrogens (tertiary/aromatic N) is 2. The third-order valence-corrected chi connectivity index (χ3v) is 3.73. The summed E-state index contributed by atoms with van der Waals surface area (Å²) in [6.45, 7) is 7.69. The maximum atomic E-state index is 12.1. The highest BCUT2D eigenvalue weighted by molar-refractivity contribution is 5.89. The first-order valence-electron chi connectivity index (χ1n) is 7.88. The van der Waals surface area contributed by atoms with Gasteiger partial charge in [-0.2, -0.15) is 0 Å². The van der Waals surface area contributed by atoms with Gasteiger partial charge < -0.3 is 15.7 Å². The van der Waals surface area contributed by atoms with Crippen LogP contribution in [-0.2, 0) is 0 Å². The largest absolute Gasteiger partial charge is 0.394 e. The predicted octanol–water partition coefficient (Wildman–Crippen LogP) is 2.98. The predicted molar refractivity (Wildman–Crippen MR) is 94.7 cm³/mol. The number of aromatic nitrogens is 2. The lowest BCUT2D eigenvalue weighted by atomic mass is 9.87. The third kappa shape index (κ3) is 4.76. The third-order valence-electron chi connectivity index (χ3n) is 3.73. The second-order valence-corrected chi connectivity index (χ2v) is 6.80. The molecule has 6 nitrogen and oxygen atoms in total. The minimum atomic E-state index is -0.344. The van der Waals surface area contributed by atoms with E-state index in [0.29, 0.717) is 11.5 Å². The van der Waals surface area contributed by atoms with Crippen LogP contribution in [0, 0.1) is 12.3 Å². The highest BCUT2D eigenvalue weighted by Gasteiger charge is 2.25. The van der Waals surface area contributed by atoms with Crippen LogP contribution >= 0.6 is 0 Å². The van der Waals surface area contributed by atoms with Gasteiger partial charge in [0.1, 0.15) is 0 Å². The molecule has 0 bridgehead atoms. The summed E-state index contributed by atoms with van der Waals surface area (Å²) in [4.78, 5) is 20.7. The number of carbonyl (C=O) groups is 1. The summed E-state index contributed by atoms with van der Waals surface area (Å²) >= 11 is 0. The quantitative estimate of drug-likeness (QED) is 0.805. The van der Waals surface area contributed by atoms with Crippen LogP contribution in [0.15, 0.2) is 36.5 Å². The van der Waals surface area contributed by atoms with Gasteiger partial charge in [0, 0.05) is 23.1 Å². The number of amides is 2. The molecule has 3 N–H and O–H groups in total. The van der Waals surface area contributed by atoms with Gasteiger partial charge in [-0.15, -0.1) is 0 Å². The van der Waals surface area contributed by atoms with Crippen LogP contribution in [0.5, 0.6) is 0 Å². The summed E-state index contributed by atoms with van der Waals surface area (Å²) in [5.41, 5.74) is 2.22. The number of rotatable bonds is 4. The molecule has 0 radical (unpaired) electrons. The first-order valence-corrected chi connectivity index (χ1v) is 7.88. The molecule has 0 saturated carbocycles. The summed E-state index contributed by atoms with van der Waals surface area (Å²) in [7, 11) is 0. The molecular weight excluding hydrogens is 304 g/mol. The van der Waals surface area contributed by atoms with Crippen molar-refractivity contribution in [3.05, 3.63) is 42.2 Å². The van der Waals surface area contributed by atoms with Crippen molar-refractivity contribution in [2.45, 2.75) is 33.7 Å². The molecule has 0 spiro atoms. The lowest BCUT2D eigenvalue weighted by Crippen LogP contribution is -2.47. The average Bonchev–Trinajstić information content (AvgIpc) is 2.52. The molecule has 2 rings (SSSR count). The number of carbonyl (C=O) groups excluding carboxylic acids is 1. The molecule has 0 aliphatic carbocycles. The van der Waals surface area contributed by atoms with Crippen molar-refractivity contribution in [3.8, 4) is 11.4 Å². The molecule has 0 aliphatic heterocycles. The molecule has 6 heteroatoms. The standard InChI is InChI=1S/C18H24N4O2/c1-12-9-10-19-16(20-12)13-5-7-14(8-6-13)21-17(24)22-15(11-23)18(2,3)4/h5-10,15,23H,11H2,1-4H3,(H2,21,22,24)/t15-/m1/s1.